The number of fused-ring (bicyclic) bond motifs is 1. The highest BCUT2D eigenvalue weighted by Crippen LogP contribution is 2.28. The normalized spacial score (nSPS) is 16.5. The number of aromatic nitrogens is 1. The van der Waals surface area contributed by atoms with Gasteiger partial charge in [-0.2, -0.15) is 0 Å². The first-order valence-electron chi connectivity index (χ1n) is 11.0. The molecule has 0 unspecified atom stereocenters. The van der Waals surface area contributed by atoms with Crippen LogP contribution in [-0.4, -0.2) is 40.4 Å². The Balaban J connectivity index is 1.36. The van der Waals surface area contributed by atoms with Gasteiger partial charge in [-0.25, -0.2) is 0 Å². The van der Waals surface area contributed by atoms with E-state index < -0.39 is 17.4 Å². The van der Waals surface area contributed by atoms with Crippen molar-refractivity contribution in [2.45, 2.75) is 25.4 Å². The molecule has 1 saturated heterocycles. The lowest BCUT2D eigenvalue weighted by molar-refractivity contribution is 0.0880. The van der Waals surface area contributed by atoms with E-state index in [0.717, 1.165) is 38.2 Å². The minimum Gasteiger partial charge on any atom is -0.384 e. The lowest BCUT2D eigenvalue weighted by atomic mass is 10.0. The van der Waals surface area contributed by atoms with Crippen molar-refractivity contribution in [1.82, 2.24) is 14.8 Å². The molecule has 0 atom stereocenters. The number of hydrogen-bond acceptors (Lipinski definition) is 6. The molecule has 0 saturated carbocycles. The predicted molar refractivity (Wildman–Crippen MR) is 127 cm³/mol. The molecule has 4 N–H and O–H groups in total. The van der Waals surface area contributed by atoms with Crippen molar-refractivity contribution in [2.75, 3.05) is 24.1 Å². The van der Waals surface area contributed by atoms with Crippen LogP contribution in [-0.2, 0) is 6.54 Å². The van der Waals surface area contributed by atoms with Crippen LogP contribution in [0, 0.1) is 0 Å². The van der Waals surface area contributed by atoms with Gasteiger partial charge in [-0.3, -0.25) is 29.2 Å². The molecule has 5 rings (SSSR count). The highest BCUT2D eigenvalue weighted by molar-refractivity contribution is 6.23. The van der Waals surface area contributed by atoms with Crippen molar-refractivity contribution in [3.8, 4) is 5.69 Å². The van der Waals surface area contributed by atoms with Gasteiger partial charge < -0.3 is 11.1 Å². The molecule has 33 heavy (non-hydrogen) atoms. The molecule has 0 spiro atoms. The number of likely N-dealkylation sites (tertiary alicyclic amines) is 1. The minimum absolute atomic E-state index is 0.0231. The number of carbonyl (C=O) groups excluding carboxylic acids is 2. The zero-order chi connectivity index (χ0) is 22.9. The molecule has 1 fully saturated rings. The second-order valence-corrected chi connectivity index (χ2v) is 8.47. The summed E-state index contributed by atoms with van der Waals surface area (Å²) >= 11 is 0. The monoisotopic (exact) mass is 443 g/mol. The van der Waals surface area contributed by atoms with E-state index >= 15 is 0 Å². The Morgan fingerprint density at radius 3 is 2.39 bits per heavy atom. The van der Waals surface area contributed by atoms with E-state index in [9.17, 15) is 14.4 Å². The standard InChI is InChI=1S/C25H25N5O3/c26-23-22-18(24(32)28-25(22)33)14-21(31)30(23)20-9-5-4-8-19(20)27-17-10-12-29(13-11-17)15-16-6-2-1-3-7-16/h1-9,14,17,27H,10-13,15,26H2,(H,28,32,33). The number of para-hydroxylation sites is 2. The van der Waals surface area contributed by atoms with Crippen LogP contribution >= 0.6 is 0 Å². The molecule has 3 aromatic rings. The van der Waals surface area contributed by atoms with Crippen molar-refractivity contribution >= 4 is 23.3 Å². The lowest BCUT2D eigenvalue weighted by Gasteiger charge is -2.33. The number of rotatable bonds is 5. The first-order valence-corrected chi connectivity index (χ1v) is 11.0. The third-order valence-electron chi connectivity index (χ3n) is 6.29. The molecule has 2 aliphatic heterocycles. The van der Waals surface area contributed by atoms with Crippen molar-refractivity contribution in [3.63, 3.8) is 0 Å². The van der Waals surface area contributed by atoms with Gasteiger partial charge in [0.1, 0.15) is 5.82 Å². The Morgan fingerprint density at radius 1 is 0.939 bits per heavy atom. The van der Waals surface area contributed by atoms with Crippen LogP contribution in [0.3, 0.4) is 0 Å². The minimum atomic E-state index is -0.598. The van der Waals surface area contributed by atoms with Crippen LogP contribution in [0.2, 0.25) is 0 Å². The fourth-order valence-electron chi connectivity index (χ4n) is 4.62. The zero-order valence-electron chi connectivity index (χ0n) is 18.1. The van der Waals surface area contributed by atoms with Crippen molar-refractivity contribution in [3.05, 3.63) is 87.7 Å². The van der Waals surface area contributed by atoms with Crippen molar-refractivity contribution < 1.29 is 9.59 Å². The van der Waals surface area contributed by atoms with Crippen LogP contribution < -0.4 is 21.9 Å². The van der Waals surface area contributed by atoms with Gasteiger partial charge >= 0.3 is 0 Å². The Bertz CT molecular complexity index is 1280. The third kappa shape index (κ3) is 4.01. The number of anilines is 2. The summed E-state index contributed by atoms with van der Waals surface area (Å²) in [5.41, 5.74) is 8.47. The van der Waals surface area contributed by atoms with Crippen LogP contribution in [0.4, 0.5) is 11.5 Å². The number of pyridine rings is 1. The average Bonchev–Trinajstić information content (AvgIpc) is 3.10. The fraction of sp³-hybridized carbons (Fsp3) is 0.240. The summed E-state index contributed by atoms with van der Waals surface area (Å²) in [6.07, 6.45) is 1.93. The van der Waals surface area contributed by atoms with E-state index in [4.69, 9.17) is 5.73 Å². The van der Waals surface area contributed by atoms with Crippen LogP contribution in [0.25, 0.3) is 5.69 Å². The second kappa shape index (κ2) is 8.55. The topological polar surface area (TPSA) is 109 Å². The van der Waals surface area contributed by atoms with Gasteiger partial charge in [0.25, 0.3) is 17.4 Å². The number of amides is 2. The molecular weight excluding hydrogens is 418 g/mol. The summed E-state index contributed by atoms with van der Waals surface area (Å²) < 4.78 is 1.30. The largest absolute Gasteiger partial charge is 0.384 e. The first kappa shape index (κ1) is 21.0. The molecule has 1 aromatic heterocycles. The summed E-state index contributed by atoms with van der Waals surface area (Å²) in [5, 5.41) is 5.77. The SMILES string of the molecule is Nc1c2c(cc(=O)n1-c1ccccc1NC1CCN(Cc3ccccc3)CC1)C(=O)NC2=O. The number of nitrogens with two attached hydrogens (primary N) is 1. The number of imide groups is 1. The summed E-state index contributed by atoms with van der Waals surface area (Å²) in [4.78, 5) is 39.5. The molecular formula is C25H25N5O3. The summed E-state index contributed by atoms with van der Waals surface area (Å²) in [6, 6.07) is 19.2. The number of piperidine rings is 1. The van der Waals surface area contributed by atoms with E-state index in [1.54, 1.807) is 6.07 Å². The Hall–Kier alpha value is -3.91. The number of benzene rings is 2. The van der Waals surface area contributed by atoms with Gasteiger partial charge in [0.15, 0.2) is 0 Å². The first-order chi connectivity index (χ1) is 16.0. The zero-order valence-corrected chi connectivity index (χ0v) is 18.1. The van der Waals surface area contributed by atoms with Gasteiger partial charge in [-0.1, -0.05) is 42.5 Å². The maximum Gasteiger partial charge on any atom is 0.262 e. The molecule has 2 aliphatic rings. The predicted octanol–water partition coefficient (Wildman–Crippen LogP) is 2.38. The Morgan fingerprint density at radius 2 is 1.64 bits per heavy atom. The summed E-state index contributed by atoms with van der Waals surface area (Å²) in [7, 11) is 0. The molecule has 0 bridgehead atoms. The van der Waals surface area contributed by atoms with Crippen LogP contribution in [0.1, 0.15) is 39.1 Å². The third-order valence-corrected chi connectivity index (χ3v) is 6.29. The number of hydrogen-bond donors (Lipinski definition) is 3. The average molecular weight is 444 g/mol. The van der Waals surface area contributed by atoms with Gasteiger partial charge in [0.2, 0.25) is 0 Å². The van der Waals surface area contributed by atoms with E-state index in [0.29, 0.717) is 5.69 Å². The van der Waals surface area contributed by atoms with Crippen molar-refractivity contribution in [1.29, 1.82) is 0 Å². The smallest absolute Gasteiger partial charge is 0.262 e. The molecule has 3 heterocycles. The highest BCUT2D eigenvalue weighted by Gasteiger charge is 2.32. The molecule has 0 radical (unpaired) electrons. The molecule has 2 amide bonds. The quantitative estimate of drug-likeness (QED) is 0.523. The number of nitrogens with one attached hydrogen (secondary N) is 2. The van der Waals surface area contributed by atoms with Gasteiger partial charge in [0, 0.05) is 31.7 Å². The Labute approximate surface area is 191 Å². The van der Waals surface area contributed by atoms with E-state index in [1.807, 2.05) is 24.3 Å². The second-order valence-electron chi connectivity index (χ2n) is 8.47. The molecule has 168 valence electrons. The molecule has 8 nitrogen and oxygen atoms in total. The van der Waals surface area contributed by atoms with Gasteiger partial charge in [0.05, 0.1) is 22.5 Å². The number of nitrogen functional groups attached to an aromatic ring is 1. The molecule has 0 aliphatic carbocycles. The van der Waals surface area contributed by atoms with E-state index in [2.05, 4.69) is 39.8 Å². The summed E-state index contributed by atoms with van der Waals surface area (Å²) in [6.45, 7) is 2.88. The lowest BCUT2D eigenvalue weighted by Crippen LogP contribution is -2.39. The van der Waals surface area contributed by atoms with Crippen LogP contribution in [0.5, 0.6) is 0 Å². The molecule has 8 heteroatoms. The van der Waals surface area contributed by atoms with Crippen molar-refractivity contribution in [2.24, 2.45) is 0 Å². The Kier molecular flexibility index (Phi) is 5.43. The van der Waals surface area contributed by atoms with Crippen LogP contribution in [0.15, 0.2) is 65.5 Å². The molecule has 2 aromatic carbocycles. The van der Waals surface area contributed by atoms with Gasteiger partial charge in [-0.05, 0) is 30.5 Å². The number of carbonyl (C=O) groups is 2. The number of nitrogens with zero attached hydrogens (tertiary/aromatic N) is 2. The highest BCUT2D eigenvalue weighted by atomic mass is 16.2. The van der Waals surface area contributed by atoms with E-state index in [1.165, 1.54) is 16.2 Å². The van der Waals surface area contributed by atoms with Gasteiger partial charge in [-0.15, -0.1) is 0 Å². The fourth-order valence-corrected chi connectivity index (χ4v) is 4.62. The summed E-state index contributed by atoms with van der Waals surface area (Å²) in [5.74, 6) is -1.22. The maximum atomic E-state index is 12.9. The van der Waals surface area contributed by atoms with E-state index in [-0.39, 0.29) is 23.0 Å². The maximum absolute atomic E-state index is 12.9.